The summed E-state index contributed by atoms with van der Waals surface area (Å²) < 4.78 is 2.40. The molecule has 0 saturated carbocycles. The minimum Gasteiger partial charge on any atom is -0.268 e. The Morgan fingerprint density at radius 2 is 1.72 bits per heavy atom. The molecule has 142 valence electrons. The van der Waals surface area contributed by atoms with Gasteiger partial charge in [0.15, 0.2) is 0 Å². The van der Waals surface area contributed by atoms with Crippen LogP contribution in [0, 0.1) is 10.1 Å². The van der Waals surface area contributed by atoms with E-state index in [2.05, 4.69) is 20.9 Å². The van der Waals surface area contributed by atoms with Crippen molar-refractivity contribution in [2.45, 2.75) is 0 Å². The van der Waals surface area contributed by atoms with Crippen LogP contribution in [0.4, 0.5) is 5.69 Å². The van der Waals surface area contributed by atoms with Gasteiger partial charge in [0.25, 0.3) is 11.2 Å². The molecule has 0 aliphatic rings. The van der Waals surface area contributed by atoms with E-state index in [0.29, 0.717) is 22.4 Å². The summed E-state index contributed by atoms with van der Waals surface area (Å²) in [6, 6.07) is 20.7. The van der Waals surface area contributed by atoms with Gasteiger partial charge in [-0.2, -0.15) is 0 Å². The van der Waals surface area contributed by atoms with E-state index in [0.717, 1.165) is 10.0 Å². The van der Waals surface area contributed by atoms with Crippen molar-refractivity contribution in [3.8, 4) is 5.69 Å². The Morgan fingerprint density at radius 1 is 0.966 bits per heavy atom. The first-order valence-electron chi connectivity index (χ1n) is 8.73. The number of nitro groups is 1. The second-order valence-corrected chi connectivity index (χ2v) is 7.21. The van der Waals surface area contributed by atoms with E-state index < -0.39 is 4.92 Å². The van der Waals surface area contributed by atoms with E-state index >= 15 is 0 Å². The van der Waals surface area contributed by atoms with Gasteiger partial charge in [0.1, 0.15) is 5.82 Å². The number of para-hydroxylation sites is 1. The number of non-ortho nitro benzene ring substituents is 1. The second kappa shape index (κ2) is 7.81. The molecular weight excluding hydrogens is 434 g/mol. The number of nitrogens with zero attached hydrogens (tertiary/aromatic N) is 3. The summed E-state index contributed by atoms with van der Waals surface area (Å²) in [7, 11) is 0. The minimum absolute atomic E-state index is 0.0400. The van der Waals surface area contributed by atoms with Crippen molar-refractivity contribution in [2.24, 2.45) is 0 Å². The van der Waals surface area contributed by atoms with Crippen molar-refractivity contribution in [2.75, 3.05) is 0 Å². The fourth-order valence-corrected chi connectivity index (χ4v) is 3.43. The molecule has 0 N–H and O–H groups in total. The molecule has 7 heteroatoms. The van der Waals surface area contributed by atoms with Crippen LogP contribution in [-0.4, -0.2) is 14.5 Å². The molecule has 0 fully saturated rings. The van der Waals surface area contributed by atoms with Gasteiger partial charge in [-0.25, -0.2) is 4.98 Å². The maximum absolute atomic E-state index is 13.2. The minimum atomic E-state index is -0.473. The molecule has 4 aromatic rings. The first kappa shape index (κ1) is 18.8. The van der Waals surface area contributed by atoms with Gasteiger partial charge in [-0.3, -0.25) is 19.5 Å². The van der Waals surface area contributed by atoms with Gasteiger partial charge in [0.05, 0.1) is 21.5 Å². The van der Waals surface area contributed by atoms with Crippen molar-refractivity contribution in [1.29, 1.82) is 0 Å². The maximum Gasteiger partial charge on any atom is 0.269 e. The quantitative estimate of drug-likeness (QED) is 0.317. The lowest BCUT2D eigenvalue weighted by Gasteiger charge is -2.11. The number of rotatable bonds is 4. The third kappa shape index (κ3) is 3.86. The summed E-state index contributed by atoms with van der Waals surface area (Å²) in [4.78, 5) is 28.3. The molecule has 3 aromatic carbocycles. The van der Waals surface area contributed by atoms with Crippen LogP contribution in [0.3, 0.4) is 0 Å². The van der Waals surface area contributed by atoms with Gasteiger partial charge < -0.3 is 0 Å². The lowest BCUT2D eigenvalue weighted by Crippen LogP contribution is -2.22. The Kier molecular flexibility index (Phi) is 5.05. The summed E-state index contributed by atoms with van der Waals surface area (Å²) >= 11 is 3.44. The van der Waals surface area contributed by atoms with Gasteiger partial charge in [-0.1, -0.05) is 46.3 Å². The van der Waals surface area contributed by atoms with Crippen LogP contribution >= 0.6 is 15.9 Å². The maximum atomic E-state index is 13.2. The van der Waals surface area contributed by atoms with Gasteiger partial charge in [-0.05, 0) is 48.0 Å². The SMILES string of the molecule is O=c1c2ccccc2nc(/C=C\c2cccc(Br)c2)n1-c1ccc([N+](=O)[O-])cc1. The summed E-state index contributed by atoms with van der Waals surface area (Å²) in [5.41, 5.74) is 1.76. The molecule has 29 heavy (non-hydrogen) atoms. The number of fused-ring (bicyclic) bond motifs is 1. The van der Waals surface area contributed by atoms with Crippen LogP contribution in [0.2, 0.25) is 0 Å². The molecular formula is C22H14BrN3O3. The molecule has 0 aliphatic carbocycles. The smallest absolute Gasteiger partial charge is 0.268 e. The van der Waals surface area contributed by atoms with Crippen molar-refractivity contribution < 1.29 is 4.92 Å². The van der Waals surface area contributed by atoms with E-state index in [4.69, 9.17) is 0 Å². The average Bonchev–Trinajstić information content (AvgIpc) is 2.72. The van der Waals surface area contributed by atoms with Crippen LogP contribution in [0.15, 0.2) is 82.1 Å². The largest absolute Gasteiger partial charge is 0.269 e. The zero-order valence-electron chi connectivity index (χ0n) is 15.0. The average molecular weight is 448 g/mol. The third-order valence-corrected chi connectivity index (χ3v) is 4.89. The van der Waals surface area contributed by atoms with E-state index in [9.17, 15) is 14.9 Å². The molecule has 1 heterocycles. The standard InChI is InChI=1S/C22H14BrN3O3/c23-16-5-3-4-15(14-16)8-13-21-24-20-7-2-1-6-19(20)22(27)25(21)17-9-11-18(12-10-17)26(28)29/h1-14H/b13-8-. The topological polar surface area (TPSA) is 78.0 Å². The molecule has 0 saturated heterocycles. The Hall–Kier alpha value is -3.58. The molecule has 0 unspecified atom stereocenters. The number of halogens is 1. The summed E-state index contributed by atoms with van der Waals surface area (Å²) in [5, 5.41) is 11.4. The third-order valence-electron chi connectivity index (χ3n) is 4.39. The van der Waals surface area contributed by atoms with E-state index in [1.807, 2.05) is 36.4 Å². The first-order chi connectivity index (χ1) is 14.0. The predicted octanol–water partition coefficient (Wildman–Crippen LogP) is 5.23. The van der Waals surface area contributed by atoms with Crippen molar-refractivity contribution in [3.63, 3.8) is 0 Å². The van der Waals surface area contributed by atoms with Crippen LogP contribution in [0.25, 0.3) is 28.7 Å². The van der Waals surface area contributed by atoms with Crippen molar-refractivity contribution in [1.82, 2.24) is 9.55 Å². The fraction of sp³-hybridized carbons (Fsp3) is 0. The Morgan fingerprint density at radius 3 is 2.45 bits per heavy atom. The van der Waals surface area contributed by atoms with Gasteiger partial charge in [-0.15, -0.1) is 0 Å². The number of hydrogen-bond acceptors (Lipinski definition) is 4. The molecule has 4 rings (SSSR count). The zero-order chi connectivity index (χ0) is 20.4. The van der Waals surface area contributed by atoms with Crippen LogP contribution in [0.5, 0.6) is 0 Å². The molecule has 0 bridgehead atoms. The van der Waals surface area contributed by atoms with Gasteiger partial charge in [0.2, 0.25) is 0 Å². The fourth-order valence-electron chi connectivity index (χ4n) is 3.02. The zero-order valence-corrected chi connectivity index (χ0v) is 16.6. The number of nitro benzene ring substituents is 1. The molecule has 0 amide bonds. The molecule has 1 aromatic heterocycles. The first-order valence-corrected chi connectivity index (χ1v) is 9.52. The highest BCUT2D eigenvalue weighted by Crippen LogP contribution is 2.19. The molecule has 0 radical (unpaired) electrons. The summed E-state index contributed by atoms with van der Waals surface area (Å²) in [6.07, 6.45) is 3.63. The number of benzene rings is 3. The van der Waals surface area contributed by atoms with E-state index in [1.165, 1.54) is 16.7 Å². The predicted molar refractivity (Wildman–Crippen MR) is 117 cm³/mol. The highest BCUT2D eigenvalue weighted by molar-refractivity contribution is 9.10. The van der Waals surface area contributed by atoms with E-state index in [1.54, 1.807) is 36.4 Å². The highest BCUT2D eigenvalue weighted by atomic mass is 79.9. The number of aromatic nitrogens is 2. The Balaban J connectivity index is 1.91. The van der Waals surface area contributed by atoms with Crippen molar-refractivity contribution >= 4 is 44.7 Å². The van der Waals surface area contributed by atoms with Crippen molar-refractivity contribution in [3.05, 3.63) is 109 Å². The van der Waals surface area contributed by atoms with E-state index in [-0.39, 0.29) is 11.2 Å². The van der Waals surface area contributed by atoms with Gasteiger partial charge in [0, 0.05) is 16.6 Å². The lowest BCUT2D eigenvalue weighted by molar-refractivity contribution is -0.384. The van der Waals surface area contributed by atoms with Crippen LogP contribution < -0.4 is 5.56 Å². The molecule has 0 atom stereocenters. The normalized spacial score (nSPS) is 11.2. The summed E-state index contributed by atoms with van der Waals surface area (Å²) in [5.74, 6) is 0.433. The Bertz CT molecular complexity index is 1310. The second-order valence-electron chi connectivity index (χ2n) is 6.29. The summed E-state index contributed by atoms with van der Waals surface area (Å²) in [6.45, 7) is 0. The molecule has 0 spiro atoms. The molecule has 6 nitrogen and oxygen atoms in total. The van der Waals surface area contributed by atoms with Crippen LogP contribution in [0.1, 0.15) is 11.4 Å². The Labute approximate surface area is 174 Å². The number of hydrogen-bond donors (Lipinski definition) is 0. The molecule has 0 aliphatic heterocycles. The van der Waals surface area contributed by atoms with Gasteiger partial charge >= 0.3 is 0 Å². The monoisotopic (exact) mass is 447 g/mol. The van der Waals surface area contributed by atoms with Crippen LogP contribution in [-0.2, 0) is 0 Å². The highest BCUT2D eigenvalue weighted by Gasteiger charge is 2.12. The lowest BCUT2D eigenvalue weighted by atomic mass is 10.2.